The lowest BCUT2D eigenvalue weighted by Crippen LogP contribution is -2.23. The van der Waals surface area contributed by atoms with E-state index in [2.05, 4.69) is 4.98 Å². The zero-order valence-electron chi connectivity index (χ0n) is 16.1. The Morgan fingerprint density at radius 2 is 1.93 bits per heavy atom. The first-order valence-electron chi connectivity index (χ1n) is 9.37. The second-order valence-corrected chi connectivity index (χ2v) is 7.78. The van der Waals surface area contributed by atoms with Gasteiger partial charge in [-0.1, -0.05) is 30.8 Å². The number of hydrogen-bond acceptors (Lipinski definition) is 6. The highest BCUT2D eigenvalue weighted by Gasteiger charge is 2.14. The Kier molecular flexibility index (Phi) is 5.15. The smallest absolute Gasteiger partial charge is 0.336 e. The molecule has 4 rings (SSSR count). The quantitative estimate of drug-likeness (QED) is 0.302. The lowest BCUT2D eigenvalue weighted by Gasteiger charge is -2.13. The van der Waals surface area contributed by atoms with Crippen molar-refractivity contribution >= 4 is 33.6 Å². The minimum absolute atomic E-state index is 0.0573. The highest BCUT2D eigenvalue weighted by molar-refractivity contribution is 7.98. The van der Waals surface area contributed by atoms with Crippen LogP contribution in [0.15, 0.2) is 61.6 Å². The lowest BCUT2D eigenvalue weighted by atomic mass is 10.1. The maximum atomic E-state index is 12.9. The summed E-state index contributed by atoms with van der Waals surface area (Å²) in [5.74, 6) is 0.527. The van der Waals surface area contributed by atoms with Gasteiger partial charge >= 0.3 is 5.63 Å². The van der Waals surface area contributed by atoms with Crippen molar-refractivity contribution in [1.29, 1.82) is 0 Å². The van der Waals surface area contributed by atoms with Crippen LogP contribution in [0.4, 0.5) is 0 Å². The SMILES string of the molecule is CCCn1c(SCc2cc(=O)oc3c(C)c(O)ccc23)nc2ccccc2c1=O. The first-order valence-corrected chi connectivity index (χ1v) is 10.4. The summed E-state index contributed by atoms with van der Waals surface area (Å²) in [4.78, 5) is 29.7. The summed E-state index contributed by atoms with van der Waals surface area (Å²) < 4.78 is 7.00. The zero-order chi connectivity index (χ0) is 20.5. The van der Waals surface area contributed by atoms with Gasteiger partial charge in [-0.3, -0.25) is 9.36 Å². The van der Waals surface area contributed by atoms with Gasteiger partial charge in [-0.2, -0.15) is 0 Å². The fourth-order valence-electron chi connectivity index (χ4n) is 3.36. The van der Waals surface area contributed by atoms with E-state index in [0.717, 1.165) is 17.4 Å². The monoisotopic (exact) mass is 408 g/mol. The molecular formula is C22H20N2O4S. The topological polar surface area (TPSA) is 85.3 Å². The third-order valence-corrected chi connectivity index (χ3v) is 5.87. The number of para-hydroxylation sites is 1. The summed E-state index contributed by atoms with van der Waals surface area (Å²) in [6.45, 7) is 4.30. The van der Waals surface area contributed by atoms with E-state index in [9.17, 15) is 14.7 Å². The summed E-state index contributed by atoms with van der Waals surface area (Å²) in [5, 5.41) is 11.9. The predicted octanol–water partition coefficient (Wildman–Crippen LogP) is 4.22. The van der Waals surface area contributed by atoms with Crippen molar-refractivity contribution in [1.82, 2.24) is 9.55 Å². The van der Waals surface area contributed by atoms with Crippen LogP contribution in [-0.2, 0) is 12.3 Å². The van der Waals surface area contributed by atoms with Gasteiger partial charge < -0.3 is 9.52 Å². The minimum Gasteiger partial charge on any atom is -0.508 e. The molecule has 7 heteroatoms. The normalized spacial score (nSPS) is 11.4. The second-order valence-electron chi connectivity index (χ2n) is 6.83. The van der Waals surface area contributed by atoms with Crippen molar-refractivity contribution in [3.63, 3.8) is 0 Å². The van der Waals surface area contributed by atoms with Crippen LogP contribution >= 0.6 is 11.8 Å². The zero-order valence-corrected chi connectivity index (χ0v) is 17.0. The standard InChI is InChI=1S/C22H20N2O4S/c1-3-10-24-21(27)16-6-4-5-7-17(16)23-22(24)29-12-14-11-19(26)28-20-13(2)18(25)9-8-15(14)20/h4-9,11,25H,3,10,12H2,1-2H3. The Hall–Kier alpha value is -3.06. The molecule has 2 heterocycles. The molecule has 0 unspecified atom stereocenters. The average molecular weight is 408 g/mol. The van der Waals surface area contributed by atoms with Crippen LogP contribution in [0, 0.1) is 6.92 Å². The molecule has 0 spiro atoms. The molecular weight excluding hydrogens is 388 g/mol. The number of hydrogen-bond donors (Lipinski definition) is 1. The number of aromatic hydroxyl groups is 1. The first-order chi connectivity index (χ1) is 14.0. The van der Waals surface area contributed by atoms with Gasteiger partial charge in [0.2, 0.25) is 0 Å². The Morgan fingerprint density at radius 1 is 1.14 bits per heavy atom. The summed E-state index contributed by atoms with van der Waals surface area (Å²) in [7, 11) is 0. The lowest BCUT2D eigenvalue weighted by molar-refractivity contribution is 0.468. The van der Waals surface area contributed by atoms with Gasteiger partial charge in [-0.05, 0) is 43.2 Å². The molecule has 0 atom stereocenters. The minimum atomic E-state index is -0.473. The fourth-order valence-corrected chi connectivity index (χ4v) is 4.37. The van der Waals surface area contributed by atoms with Crippen molar-refractivity contribution in [3.8, 4) is 5.75 Å². The predicted molar refractivity (Wildman–Crippen MR) is 115 cm³/mol. The number of nitrogens with zero attached hydrogens (tertiary/aromatic N) is 2. The van der Waals surface area contributed by atoms with Crippen molar-refractivity contribution in [2.45, 2.75) is 37.7 Å². The molecule has 0 fully saturated rings. The number of rotatable bonds is 5. The Morgan fingerprint density at radius 3 is 2.72 bits per heavy atom. The van der Waals surface area contributed by atoms with Gasteiger partial charge in [0.15, 0.2) is 5.16 Å². The molecule has 0 amide bonds. The molecule has 148 valence electrons. The number of phenols is 1. The maximum absolute atomic E-state index is 12.9. The molecule has 2 aromatic heterocycles. The van der Waals surface area contributed by atoms with Gasteiger partial charge in [0.25, 0.3) is 5.56 Å². The molecule has 0 aliphatic carbocycles. The molecule has 0 aliphatic heterocycles. The van der Waals surface area contributed by atoms with Crippen molar-refractivity contribution in [2.75, 3.05) is 0 Å². The summed E-state index contributed by atoms with van der Waals surface area (Å²) in [6.07, 6.45) is 0.809. The molecule has 0 saturated carbocycles. The first kappa shape index (κ1) is 19.3. The van der Waals surface area contributed by atoms with E-state index < -0.39 is 5.63 Å². The van der Waals surface area contributed by atoms with Crippen molar-refractivity contribution < 1.29 is 9.52 Å². The summed E-state index contributed by atoms with van der Waals surface area (Å²) in [6, 6.07) is 12.1. The van der Waals surface area contributed by atoms with E-state index in [1.807, 2.05) is 25.1 Å². The molecule has 0 saturated heterocycles. The van der Waals surface area contributed by atoms with E-state index in [-0.39, 0.29) is 11.3 Å². The Balaban J connectivity index is 1.79. The second kappa shape index (κ2) is 7.75. The van der Waals surface area contributed by atoms with Crippen molar-refractivity contribution in [2.24, 2.45) is 0 Å². The van der Waals surface area contributed by atoms with Crippen LogP contribution in [-0.4, -0.2) is 14.7 Å². The third-order valence-electron chi connectivity index (χ3n) is 4.85. The molecule has 29 heavy (non-hydrogen) atoms. The molecule has 0 radical (unpaired) electrons. The number of aryl methyl sites for hydroxylation is 1. The Labute approximate surface area is 170 Å². The van der Waals surface area contributed by atoms with Crippen molar-refractivity contribution in [3.05, 3.63) is 74.4 Å². The molecule has 1 N–H and O–H groups in total. The number of phenolic OH excluding ortho intramolecular Hbond substituents is 1. The largest absolute Gasteiger partial charge is 0.508 e. The molecule has 2 aromatic carbocycles. The molecule has 4 aromatic rings. The summed E-state index contributed by atoms with van der Waals surface area (Å²) in [5.41, 5.74) is 1.81. The third kappa shape index (κ3) is 3.53. The highest BCUT2D eigenvalue weighted by Crippen LogP contribution is 2.30. The number of fused-ring (bicyclic) bond motifs is 2. The van der Waals surface area contributed by atoms with E-state index in [0.29, 0.717) is 39.5 Å². The van der Waals surface area contributed by atoms with Crippen LogP contribution in [0.2, 0.25) is 0 Å². The highest BCUT2D eigenvalue weighted by atomic mass is 32.2. The number of aromatic nitrogens is 2. The Bertz CT molecular complexity index is 1340. The average Bonchev–Trinajstić information content (AvgIpc) is 2.71. The summed E-state index contributed by atoms with van der Waals surface area (Å²) >= 11 is 1.41. The number of thioether (sulfide) groups is 1. The van der Waals surface area contributed by atoms with Gasteiger partial charge in [-0.25, -0.2) is 9.78 Å². The van der Waals surface area contributed by atoms with Crippen LogP contribution in [0.3, 0.4) is 0 Å². The fraction of sp³-hybridized carbons (Fsp3) is 0.227. The van der Waals surface area contributed by atoms with E-state index in [1.165, 1.54) is 17.8 Å². The van der Waals surface area contributed by atoms with Gasteiger partial charge in [0.05, 0.1) is 10.9 Å². The molecule has 0 aliphatic rings. The van der Waals surface area contributed by atoms with E-state index in [4.69, 9.17) is 4.42 Å². The maximum Gasteiger partial charge on any atom is 0.336 e. The van der Waals surface area contributed by atoms with Crippen LogP contribution in [0.25, 0.3) is 21.9 Å². The van der Waals surface area contributed by atoms with Gasteiger partial charge in [0.1, 0.15) is 11.3 Å². The van der Waals surface area contributed by atoms with Crippen LogP contribution < -0.4 is 11.2 Å². The van der Waals surface area contributed by atoms with Gasteiger partial charge in [-0.15, -0.1) is 0 Å². The van der Waals surface area contributed by atoms with E-state index >= 15 is 0 Å². The van der Waals surface area contributed by atoms with Crippen LogP contribution in [0.5, 0.6) is 5.75 Å². The van der Waals surface area contributed by atoms with E-state index in [1.54, 1.807) is 29.7 Å². The molecule has 0 bridgehead atoms. The molecule has 6 nitrogen and oxygen atoms in total. The van der Waals surface area contributed by atoms with Crippen LogP contribution in [0.1, 0.15) is 24.5 Å². The van der Waals surface area contributed by atoms with Gasteiger partial charge in [0, 0.05) is 29.3 Å². The number of benzene rings is 2.